The van der Waals surface area contributed by atoms with E-state index in [0.29, 0.717) is 91.2 Å². The minimum Gasteiger partial charge on any atom is -0.481 e. The number of likely N-dealkylation sites (tertiary alicyclic amines) is 2. The van der Waals surface area contributed by atoms with Crippen molar-refractivity contribution in [1.82, 2.24) is 24.5 Å². The van der Waals surface area contributed by atoms with Crippen LogP contribution in [0.25, 0.3) is 33.7 Å². The van der Waals surface area contributed by atoms with Gasteiger partial charge in [-0.05, 0) is 129 Å². The predicted molar refractivity (Wildman–Crippen MR) is 233 cm³/mol. The number of fused-ring (bicyclic) bond motifs is 3. The number of nitriles is 1. The number of amides is 1. The van der Waals surface area contributed by atoms with Crippen LogP contribution in [0.15, 0.2) is 52.9 Å². The Hall–Kier alpha value is -5.04. The maximum absolute atomic E-state index is 13.1. The van der Waals surface area contributed by atoms with Crippen LogP contribution >= 0.6 is 11.6 Å². The number of nitrogens with zero attached hydrogens (tertiary/aromatic N) is 5. The molecular weight excluding hydrogens is 828 g/mol. The molecule has 5 aliphatic rings. The van der Waals surface area contributed by atoms with Crippen molar-refractivity contribution in [2.45, 2.75) is 94.8 Å². The van der Waals surface area contributed by atoms with Crippen LogP contribution in [-0.4, -0.2) is 83.3 Å². The second-order valence-corrected chi connectivity index (χ2v) is 20.5. The standard InChI is InChI=1S/C47H49ClN6O7S/c1-26-30(32-8-5-9-35-33(32)11-13-41(35)60-46-38(48)20-28(44(51-46)59-3)23-53-18-15-29(55)25-53)6-4-7-31(26)45-50-39-21-36-34(37(22-49)42(39)61-45)10-12-40(36)54-19-14-27(24-54)43(56)52-62(57,58)47(2)16-17-47/h4-9,20-21,27,29,40-41,55H,10-19,23-25H2,1-3H3,(H,52,56)/t27-,29-,40-,41+/m1/s1. The molecule has 0 bridgehead atoms. The van der Waals surface area contributed by atoms with Crippen molar-refractivity contribution < 1.29 is 32.2 Å². The van der Waals surface area contributed by atoms with E-state index < -0.39 is 26.6 Å². The van der Waals surface area contributed by atoms with Gasteiger partial charge in [0.2, 0.25) is 33.6 Å². The number of pyridine rings is 1. The van der Waals surface area contributed by atoms with E-state index in [4.69, 9.17) is 35.5 Å². The van der Waals surface area contributed by atoms with Crippen molar-refractivity contribution in [2.24, 2.45) is 5.92 Å². The number of sulfonamides is 1. The number of benzene rings is 3. The molecule has 0 radical (unpaired) electrons. The Morgan fingerprint density at radius 1 is 1.00 bits per heavy atom. The molecule has 0 unspecified atom stereocenters. The second-order valence-electron chi connectivity index (χ2n) is 17.9. The maximum atomic E-state index is 13.1. The van der Waals surface area contributed by atoms with Gasteiger partial charge in [0.15, 0.2) is 5.58 Å². The summed E-state index contributed by atoms with van der Waals surface area (Å²) in [5, 5.41) is 20.9. The van der Waals surface area contributed by atoms with Gasteiger partial charge in [0.05, 0.1) is 23.9 Å². The molecule has 3 aromatic carbocycles. The molecule has 2 aliphatic heterocycles. The monoisotopic (exact) mass is 876 g/mol. The highest BCUT2D eigenvalue weighted by atomic mass is 35.5. The fourth-order valence-corrected chi connectivity index (χ4v) is 11.7. The van der Waals surface area contributed by atoms with Crippen LogP contribution in [0, 0.1) is 24.2 Å². The Morgan fingerprint density at radius 3 is 2.53 bits per heavy atom. The molecule has 3 aliphatic carbocycles. The van der Waals surface area contributed by atoms with Gasteiger partial charge >= 0.3 is 0 Å². The number of oxazole rings is 1. The predicted octanol–water partition coefficient (Wildman–Crippen LogP) is 7.34. The number of methoxy groups -OCH3 is 1. The number of aliphatic hydroxyl groups excluding tert-OH is 1. The second kappa shape index (κ2) is 15.6. The number of rotatable bonds is 11. The van der Waals surface area contributed by atoms with Gasteiger partial charge in [0.1, 0.15) is 28.3 Å². The Bertz CT molecular complexity index is 2800. The zero-order valence-corrected chi connectivity index (χ0v) is 36.6. The average molecular weight is 877 g/mol. The molecule has 62 heavy (non-hydrogen) atoms. The highest BCUT2D eigenvalue weighted by Gasteiger charge is 2.51. The molecule has 1 saturated carbocycles. The Kier molecular flexibility index (Phi) is 10.3. The van der Waals surface area contributed by atoms with E-state index in [0.717, 1.165) is 76.7 Å². The van der Waals surface area contributed by atoms with E-state index >= 15 is 0 Å². The number of carbonyl (C=O) groups is 1. The van der Waals surface area contributed by atoms with E-state index in [1.54, 1.807) is 14.0 Å². The molecular formula is C47H49ClN6O7S. The Morgan fingerprint density at radius 2 is 1.77 bits per heavy atom. The smallest absolute Gasteiger partial charge is 0.240 e. The van der Waals surface area contributed by atoms with Crippen LogP contribution in [0.3, 0.4) is 0 Å². The summed E-state index contributed by atoms with van der Waals surface area (Å²) in [6, 6.07) is 18.7. The summed E-state index contributed by atoms with van der Waals surface area (Å²) in [5.41, 5.74) is 10.6. The van der Waals surface area contributed by atoms with Crippen LogP contribution < -0.4 is 14.2 Å². The Balaban J connectivity index is 0.895. The Labute approximate surface area is 366 Å². The van der Waals surface area contributed by atoms with Crippen molar-refractivity contribution in [3.63, 3.8) is 0 Å². The van der Waals surface area contributed by atoms with Crippen molar-refractivity contribution in [2.75, 3.05) is 33.3 Å². The quantitative estimate of drug-likeness (QED) is 0.136. The number of carbonyl (C=O) groups excluding carboxylic acids is 1. The molecule has 2 saturated heterocycles. The van der Waals surface area contributed by atoms with Crippen molar-refractivity contribution in [3.8, 4) is 40.4 Å². The van der Waals surface area contributed by atoms with E-state index in [2.05, 4.69) is 45.7 Å². The van der Waals surface area contributed by atoms with Crippen LogP contribution in [0.5, 0.6) is 11.8 Å². The minimum absolute atomic E-state index is 0.0149. The first kappa shape index (κ1) is 41.0. The molecule has 1 amide bonds. The average Bonchev–Trinajstić information content (AvgIpc) is 3.86. The molecule has 4 atom stereocenters. The summed E-state index contributed by atoms with van der Waals surface area (Å²) in [6.07, 6.45) is 4.89. The SMILES string of the molecule is COc1nc(O[C@H]2CCc3c(-c4cccc(-c5nc6cc7c(c(C#N)c6o5)CC[C@H]7N5CC[C@@H](C(=O)NS(=O)(=O)C6(C)CC6)C5)c4C)cccc32)c(Cl)cc1CN1CC[C@@H](O)C1. The molecule has 2 aromatic heterocycles. The number of nitrogens with one attached hydrogen (secondary N) is 1. The van der Waals surface area contributed by atoms with Gasteiger partial charge in [-0.3, -0.25) is 19.3 Å². The molecule has 13 nitrogen and oxygen atoms in total. The lowest BCUT2D eigenvalue weighted by Gasteiger charge is -2.25. The molecule has 15 heteroatoms. The van der Waals surface area contributed by atoms with Gasteiger partial charge in [-0.2, -0.15) is 10.2 Å². The topological polar surface area (TPSA) is 171 Å². The van der Waals surface area contributed by atoms with Gasteiger partial charge in [0.25, 0.3) is 0 Å². The third-order valence-corrected chi connectivity index (χ3v) is 16.4. The lowest BCUT2D eigenvalue weighted by molar-refractivity contribution is -0.122. The van der Waals surface area contributed by atoms with E-state index in [1.807, 2.05) is 30.3 Å². The number of hydrogen-bond acceptors (Lipinski definition) is 12. The number of ether oxygens (including phenoxy) is 2. The first-order valence-corrected chi connectivity index (χ1v) is 23.4. The first-order valence-electron chi connectivity index (χ1n) is 21.5. The van der Waals surface area contributed by atoms with E-state index in [1.165, 1.54) is 5.56 Å². The van der Waals surface area contributed by atoms with Gasteiger partial charge in [-0.1, -0.05) is 41.9 Å². The zero-order valence-electron chi connectivity index (χ0n) is 35.0. The summed E-state index contributed by atoms with van der Waals surface area (Å²) in [6.45, 7) is 6.83. The summed E-state index contributed by atoms with van der Waals surface area (Å²) >= 11 is 6.79. The van der Waals surface area contributed by atoms with Gasteiger partial charge in [0, 0.05) is 43.3 Å². The van der Waals surface area contributed by atoms with Gasteiger partial charge in [-0.25, -0.2) is 13.4 Å². The molecule has 0 spiro atoms. The van der Waals surface area contributed by atoms with Crippen molar-refractivity contribution in [3.05, 3.63) is 92.5 Å². The fourth-order valence-electron chi connectivity index (χ4n) is 10.2. The molecule has 3 fully saturated rings. The summed E-state index contributed by atoms with van der Waals surface area (Å²) in [5.74, 6) is 0.361. The normalized spacial score (nSPS) is 23.0. The van der Waals surface area contributed by atoms with Crippen molar-refractivity contribution in [1.29, 1.82) is 5.26 Å². The summed E-state index contributed by atoms with van der Waals surface area (Å²) in [7, 11) is -2.11. The number of aromatic nitrogens is 2. The van der Waals surface area contributed by atoms with Crippen LogP contribution in [0.4, 0.5) is 0 Å². The number of aliphatic hydroxyl groups is 1. The molecule has 5 aromatic rings. The van der Waals surface area contributed by atoms with E-state index in [-0.39, 0.29) is 18.2 Å². The van der Waals surface area contributed by atoms with Crippen LogP contribution in [0.1, 0.15) is 96.5 Å². The third-order valence-electron chi connectivity index (χ3n) is 14.0. The zero-order chi connectivity index (χ0) is 43.1. The number of hydrogen-bond donors (Lipinski definition) is 2. The van der Waals surface area contributed by atoms with Crippen LogP contribution in [-0.2, 0) is 34.2 Å². The highest BCUT2D eigenvalue weighted by molar-refractivity contribution is 7.91. The van der Waals surface area contributed by atoms with E-state index in [9.17, 15) is 23.6 Å². The first-order chi connectivity index (χ1) is 29.8. The lowest BCUT2D eigenvalue weighted by Crippen LogP contribution is -2.42. The largest absolute Gasteiger partial charge is 0.481 e. The minimum atomic E-state index is -3.70. The lowest BCUT2D eigenvalue weighted by atomic mass is 9.91. The molecule has 2 N–H and O–H groups in total. The molecule has 4 heterocycles. The van der Waals surface area contributed by atoms with Crippen molar-refractivity contribution >= 4 is 38.6 Å². The van der Waals surface area contributed by atoms with Gasteiger partial charge in [-0.15, -0.1) is 0 Å². The number of halogens is 1. The van der Waals surface area contributed by atoms with Gasteiger partial charge < -0.3 is 19.0 Å². The molecule has 10 rings (SSSR count). The number of β-amino-alcohol motifs (C(OH)–C–C–N with tert-alkyl or cyclic N) is 1. The maximum Gasteiger partial charge on any atom is 0.240 e. The fraction of sp³-hybridized carbons (Fsp3) is 0.447. The third kappa shape index (κ3) is 7.12. The molecule has 322 valence electrons. The highest BCUT2D eigenvalue weighted by Crippen LogP contribution is 2.47. The summed E-state index contributed by atoms with van der Waals surface area (Å²) < 4.78 is 45.8. The summed E-state index contributed by atoms with van der Waals surface area (Å²) in [4.78, 5) is 27.2. The van der Waals surface area contributed by atoms with Crippen LogP contribution in [0.2, 0.25) is 5.02 Å².